The molecule has 1 heterocycles. The van der Waals surface area contributed by atoms with Crippen molar-refractivity contribution in [2.45, 2.75) is 38.8 Å². The van der Waals surface area contributed by atoms with Gasteiger partial charge in [0.05, 0.1) is 12.1 Å². The van der Waals surface area contributed by atoms with Crippen molar-refractivity contribution >= 4 is 17.3 Å². The molecule has 1 aliphatic rings. The number of nitrogens with one attached hydrogen (secondary N) is 1. The molecule has 0 aliphatic carbocycles. The van der Waals surface area contributed by atoms with Crippen molar-refractivity contribution in [1.29, 1.82) is 0 Å². The van der Waals surface area contributed by atoms with Gasteiger partial charge in [-0.1, -0.05) is 0 Å². The first kappa shape index (κ1) is 15.8. The first-order chi connectivity index (χ1) is 10.1. The molecule has 21 heavy (non-hydrogen) atoms. The number of carbonyl (C=O) groups is 1. The SMILES string of the molecule is CCOC1CCN(C(C)C(=O)Nc2ccc(N)cc2)CC1. The summed E-state index contributed by atoms with van der Waals surface area (Å²) in [7, 11) is 0. The Labute approximate surface area is 126 Å². The van der Waals surface area contributed by atoms with E-state index in [0.717, 1.165) is 38.2 Å². The summed E-state index contributed by atoms with van der Waals surface area (Å²) in [6.07, 6.45) is 2.33. The molecule has 1 amide bonds. The summed E-state index contributed by atoms with van der Waals surface area (Å²) in [6.45, 7) is 6.54. The largest absolute Gasteiger partial charge is 0.399 e. The third kappa shape index (κ3) is 4.44. The molecule has 5 heteroatoms. The van der Waals surface area contributed by atoms with E-state index in [4.69, 9.17) is 10.5 Å². The van der Waals surface area contributed by atoms with Crippen molar-refractivity contribution in [2.24, 2.45) is 0 Å². The van der Waals surface area contributed by atoms with Crippen LogP contribution in [0.15, 0.2) is 24.3 Å². The summed E-state index contributed by atoms with van der Waals surface area (Å²) in [6, 6.07) is 7.08. The molecule has 1 unspecified atom stereocenters. The normalized spacial score (nSPS) is 18.4. The van der Waals surface area contributed by atoms with Crippen LogP contribution in [0.3, 0.4) is 0 Å². The summed E-state index contributed by atoms with van der Waals surface area (Å²) >= 11 is 0. The van der Waals surface area contributed by atoms with E-state index < -0.39 is 0 Å². The lowest BCUT2D eigenvalue weighted by atomic mass is 10.1. The van der Waals surface area contributed by atoms with Gasteiger partial charge in [0.25, 0.3) is 0 Å². The Hall–Kier alpha value is -1.59. The molecule has 1 aliphatic heterocycles. The van der Waals surface area contributed by atoms with Crippen LogP contribution in [0.25, 0.3) is 0 Å². The summed E-state index contributed by atoms with van der Waals surface area (Å²) in [5, 5.41) is 2.94. The first-order valence-corrected chi connectivity index (χ1v) is 7.62. The van der Waals surface area contributed by atoms with Crippen LogP contribution >= 0.6 is 0 Å². The minimum Gasteiger partial charge on any atom is -0.399 e. The number of carbonyl (C=O) groups excluding carboxylic acids is 1. The van der Waals surface area contributed by atoms with Gasteiger partial charge in [-0.25, -0.2) is 0 Å². The van der Waals surface area contributed by atoms with Crippen molar-refractivity contribution in [3.63, 3.8) is 0 Å². The van der Waals surface area contributed by atoms with E-state index in [1.807, 2.05) is 26.0 Å². The van der Waals surface area contributed by atoms with Gasteiger partial charge in [-0.2, -0.15) is 0 Å². The van der Waals surface area contributed by atoms with Crippen LogP contribution in [0.4, 0.5) is 11.4 Å². The fourth-order valence-electron chi connectivity index (χ4n) is 2.64. The highest BCUT2D eigenvalue weighted by Gasteiger charge is 2.26. The molecule has 0 aromatic heterocycles. The van der Waals surface area contributed by atoms with Gasteiger partial charge >= 0.3 is 0 Å². The highest BCUT2D eigenvalue weighted by Crippen LogP contribution is 2.17. The lowest BCUT2D eigenvalue weighted by Gasteiger charge is -2.35. The molecule has 2 rings (SSSR count). The van der Waals surface area contributed by atoms with E-state index >= 15 is 0 Å². The van der Waals surface area contributed by atoms with Crippen molar-refractivity contribution in [3.8, 4) is 0 Å². The molecule has 5 nitrogen and oxygen atoms in total. The number of nitrogens with two attached hydrogens (primary N) is 1. The van der Waals surface area contributed by atoms with Crippen LogP contribution in [0, 0.1) is 0 Å². The highest BCUT2D eigenvalue weighted by atomic mass is 16.5. The van der Waals surface area contributed by atoms with Crippen LogP contribution in [0.1, 0.15) is 26.7 Å². The van der Waals surface area contributed by atoms with Crippen molar-refractivity contribution in [1.82, 2.24) is 4.90 Å². The molecule has 1 atom stereocenters. The van der Waals surface area contributed by atoms with E-state index in [9.17, 15) is 4.79 Å². The smallest absolute Gasteiger partial charge is 0.241 e. The highest BCUT2D eigenvalue weighted by molar-refractivity contribution is 5.94. The van der Waals surface area contributed by atoms with Gasteiger partial charge in [0, 0.05) is 31.1 Å². The first-order valence-electron chi connectivity index (χ1n) is 7.62. The third-order valence-electron chi connectivity index (χ3n) is 3.98. The molecule has 1 aromatic carbocycles. The lowest BCUT2D eigenvalue weighted by Crippen LogP contribution is -2.47. The molecule has 0 saturated carbocycles. The van der Waals surface area contributed by atoms with Gasteiger partial charge < -0.3 is 15.8 Å². The number of nitrogen functional groups attached to an aromatic ring is 1. The van der Waals surface area contributed by atoms with Crippen molar-refractivity contribution in [3.05, 3.63) is 24.3 Å². The molecular weight excluding hydrogens is 266 g/mol. The zero-order chi connectivity index (χ0) is 15.2. The Kier molecular flexibility index (Phi) is 5.59. The molecular formula is C16H25N3O2. The zero-order valence-electron chi connectivity index (χ0n) is 12.8. The number of benzene rings is 1. The number of piperidine rings is 1. The average Bonchev–Trinajstić information content (AvgIpc) is 2.50. The maximum Gasteiger partial charge on any atom is 0.241 e. The molecule has 0 bridgehead atoms. The topological polar surface area (TPSA) is 67.6 Å². The van der Waals surface area contributed by atoms with Gasteiger partial charge in [-0.3, -0.25) is 9.69 Å². The van der Waals surface area contributed by atoms with Gasteiger partial charge in [0.1, 0.15) is 0 Å². The van der Waals surface area contributed by atoms with Crippen LogP contribution < -0.4 is 11.1 Å². The molecule has 1 aromatic rings. The zero-order valence-corrected chi connectivity index (χ0v) is 12.8. The monoisotopic (exact) mass is 291 g/mol. The van der Waals surface area contributed by atoms with Gasteiger partial charge in [0.2, 0.25) is 5.91 Å². The van der Waals surface area contributed by atoms with E-state index in [0.29, 0.717) is 11.8 Å². The molecule has 1 fully saturated rings. The molecule has 116 valence electrons. The number of hydrogen-bond donors (Lipinski definition) is 2. The molecule has 3 N–H and O–H groups in total. The fraction of sp³-hybridized carbons (Fsp3) is 0.562. The minimum atomic E-state index is -0.134. The maximum atomic E-state index is 12.3. The summed E-state index contributed by atoms with van der Waals surface area (Å²) in [5.74, 6) is 0.0228. The number of hydrogen-bond acceptors (Lipinski definition) is 4. The van der Waals surface area contributed by atoms with E-state index in [1.165, 1.54) is 0 Å². The number of nitrogens with zero attached hydrogens (tertiary/aromatic N) is 1. The second-order valence-electron chi connectivity index (χ2n) is 5.48. The predicted molar refractivity (Wildman–Crippen MR) is 85.2 cm³/mol. The van der Waals surface area contributed by atoms with Gasteiger partial charge in [0.15, 0.2) is 0 Å². The van der Waals surface area contributed by atoms with Crippen LogP contribution in [-0.4, -0.2) is 42.6 Å². The third-order valence-corrected chi connectivity index (χ3v) is 3.98. The quantitative estimate of drug-likeness (QED) is 0.815. The Morgan fingerprint density at radius 1 is 1.38 bits per heavy atom. The Balaban J connectivity index is 1.84. The van der Waals surface area contributed by atoms with Crippen LogP contribution in [0.5, 0.6) is 0 Å². The maximum absolute atomic E-state index is 12.3. The second-order valence-corrected chi connectivity index (χ2v) is 5.48. The Bertz CT molecular complexity index is 453. The number of rotatable bonds is 5. The second kappa shape index (κ2) is 7.43. The Morgan fingerprint density at radius 2 is 2.00 bits per heavy atom. The summed E-state index contributed by atoms with van der Waals surface area (Å²) in [5.41, 5.74) is 7.12. The minimum absolute atomic E-state index is 0.0228. The molecule has 0 spiro atoms. The van der Waals surface area contributed by atoms with E-state index in [1.54, 1.807) is 12.1 Å². The van der Waals surface area contributed by atoms with E-state index in [2.05, 4.69) is 10.2 Å². The predicted octanol–water partition coefficient (Wildman–Crippen LogP) is 2.10. The van der Waals surface area contributed by atoms with Crippen molar-refractivity contribution in [2.75, 3.05) is 30.7 Å². The summed E-state index contributed by atoms with van der Waals surface area (Å²) in [4.78, 5) is 14.5. The van der Waals surface area contributed by atoms with Gasteiger partial charge in [-0.15, -0.1) is 0 Å². The standard InChI is InChI=1S/C16H25N3O2/c1-3-21-15-8-10-19(11-9-15)12(2)16(20)18-14-6-4-13(17)5-7-14/h4-7,12,15H,3,8-11,17H2,1-2H3,(H,18,20). The number of anilines is 2. The van der Waals surface area contributed by atoms with Gasteiger partial charge in [-0.05, 0) is 51.0 Å². The summed E-state index contributed by atoms with van der Waals surface area (Å²) < 4.78 is 5.64. The van der Waals surface area contributed by atoms with E-state index in [-0.39, 0.29) is 11.9 Å². The van der Waals surface area contributed by atoms with Crippen molar-refractivity contribution < 1.29 is 9.53 Å². The lowest BCUT2D eigenvalue weighted by molar-refractivity contribution is -0.121. The van der Waals surface area contributed by atoms with Crippen LogP contribution in [0.2, 0.25) is 0 Å². The Morgan fingerprint density at radius 3 is 2.57 bits per heavy atom. The molecule has 1 saturated heterocycles. The number of likely N-dealkylation sites (tertiary alicyclic amines) is 1. The number of ether oxygens (including phenoxy) is 1. The fourth-order valence-corrected chi connectivity index (χ4v) is 2.64. The van der Waals surface area contributed by atoms with Crippen LogP contribution in [-0.2, 0) is 9.53 Å². The number of amides is 1. The average molecular weight is 291 g/mol. The molecule has 0 radical (unpaired) electrons.